The summed E-state index contributed by atoms with van der Waals surface area (Å²) in [5, 5.41) is 2.89. The summed E-state index contributed by atoms with van der Waals surface area (Å²) in [7, 11) is 0. The molecule has 0 radical (unpaired) electrons. The van der Waals surface area contributed by atoms with Crippen molar-refractivity contribution in [1.29, 1.82) is 0 Å². The van der Waals surface area contributed by atoms with Gasteiger partial charge in [0.1, 0.15) is 6.04 Å². The molecule has 1 unspecified atom stereocenters. The largest absolute Gasteiger partial charge is 0.376 e. The molecule has 1 saturated heterocycles. The van der Waals surface area contributed by atoms with Gasteiger partial charge in [-0.2, -0.15) is 0 Å². The summed E-state index contributed by atoms with van der Waals surface area (Å²) in [6.07, 6.45) is 9.05. The van der Waals surface area contributed by atoms with E-state index in [-0.39, 0.29) is 17.9 Å². The van der Waals surface area contributed by atoms with E-state index in [4.69, 9.17) is 4.74 Å². The van der Waals surface area contributed by atoms with Gasteiger partial charge in [-0.05, 0) is 31.6 Å². The molecule has 1 heterocycles. The van der Waals surface area contributed by atoms with Crippen LogP contribution in [0.4, 0.5) is 0 Å². The van der Waals surface area contributed by atoms with E-state index in [1.165, 1.54) is 19.3 Å². The number of nitrogens with zero attached hydrogens (tertiary/aromatic N) is 1. The molecule has 21 heavy (non-hydrogen) atoms. The van der Waals surface area contributed by atoms with Crippen molar-refractivity contribution in [2.45, 2.75) is 63.5 Å². The molecular weight excluding hydrogens is 268 g/mol. The molecule has 2 aliphatic carbocycles. The average molecular weight is 294 g/mol. The minimum Gasteiger partial charge on any atom is -0.376 e. The number of carbonyl (C=O) groups excluding carboxylic acids is 2. The molecule has 3 rings (SSSR count). The Bertz CT molecular complexity index is 389. The van der Waals surface area contributed by atoms with Crippen molar-refractivity contribution in [3.8, 4) is 0 Å². The molecule has 0 spiro atoms. The second kappa shape index (κ2) is 6.77. The van der Waals surface area contributed by atoms with Crippen molar-refractivity contribution >= 4 is 11.8 Å². The minimum atomic E-state index is -0.283. The molecule has 0 aromatic carbocycles. The van der Waals surface area contributed by atoms with E-state index in [9.17, 15) is 9.59 Å². The van der Waals surface area contributed by atoms with Crippen LogP contribution in [0.15, 0.2) is 0 Å². The van der Waals surface area contributed by atoms with Crippen LogP contribution >= 0.6 is 0 Å². The van der Waals surface area contributed by atoms with Crippen molar-refractivity contribution in [2.75, 3.05) is 19.7 Å². The Kier molecular flexibility index (Phi) is 4.78. The maximum absolute atomic E-state index is 12.5. The van der Waals surface area contributed by atoms with Gasteiger partial charge < -0.3 is 15.0 Å². The number of hydrogen-bond donors (Lipinski definition) is 1. The van der Waals surface area contributed by atoms with Gasteiger partial charge in [0.15, 0.2) is 0 Å². The normalized spacial score (nSPS) is 28.4. The summed E-state index contributed by atoms with van der Waals surface area (Å²) in [6.45, 7) is 1.75. The Balaban J connectivity index is 1.48. The summed E-state index contributed by atoms with van der Waals surface area (Å²) in [5.41, 5.74) is 0. The van der Waals surface area contributed by atoms with Crippen LogP contribution in [0.3, 0.4) is 0 Å². The van der Waals surface area contributed by atoms with E-state index >= 15 is 0 Å². The van der Waals surface area contributed by atoms with Crippen LogP contribution < -0.4 is 5.32 Å². The Morgan fingerprint density at radius 2 is 1.86 bits per heavy atom. The molecule has 0 aromatic heterocycles. The maximum atomic E-state index is 12.5. The van der Waals surface area contributed by atoms with Gasteiger partial charge in [-0.3, -0.25) is 9.59 Å². The lowest BCUT2D eigenvalue weighted by molar-refractivity contribution is -0.135. The SMILES string of the molecule is O=C1CCN(CCOC2CCCCC2)C(=O)C(C2CC2)N1. The fourth-order valence-corrected chi connectivity index (χ4v) is 3.38. The van der Waals surface area contributed by atoms with Crippen molar-refractivity contribution in [3.05, 3.63) is 0 Å². The molecule has 5 heteroatoms. The van der Waals surface area contributed by atoms with Crippen molar-refractivity contribution in [3.63, 3.8) is 0 Å². The number of carbonyl (C=O) groups is 2. The number of nitrogens with one attached hydrogen (secondary N) is 1. The standard InChI is InChI=1S/C16H26N2O3/c19-14-8-9-18(16(20)15(17-14)12-6-7-12)10-11-21-13-4-2-1-3-5-13/h12-13,15H,1-11H2,(H,17,19). The minimum absolute atomic E-state index is 0.0101. The second-order valence-electron chi connectivity index (χ2n) is 6.59. The first-order valence-electron chi connectivity index (χ1n) is 8.44. The third-order valence-corrected chi connectivity index (χ3v) is 4.86. The smallest absolute Gasteiger partial charge is 0.245 e. The van der Waals surface area contributed by atoms with Crippen LogP contribution in [0.25, 0.3) is 0 Å². The zero-order valence-electron chi connectivity index (χ0n) is 12.7. The molecule has 1 N–H and O–H groups in total. The number of ether oxygens (including phenoxy) is 1. The molecule has 2 amide bonds. The predicted molar refractivity (Wildman–Crippen MR) is 78.7 cm³/mol. The Morgan fingerprint density at radius 3 is 2.57 bits per heavy atom. The third kappa shape index (κ3) is 3.96. The van der Waals surface area contributed by atoms with Gasteiger partial charge in [-0.25, -0.2) is 0 Å². The van der Waals surface area contributed by atoms with Gasteiger partial charge in [-0.15, -0.1) is 0 Å². The highest BCUT2D eigenvalue weighted by Gasteiger charge is 2.40. The zero-order chi connectivity index (χ0) is 14.7. The first kappa shape index (κ1) is 14.8. The van der Waals surface area contributed by atoms with E-state index in [1.54, 1.807) is 0 Å². The molecule has 1 atom stereocenters. The van der Waals surface area contributed by atoms with Gasteiger partial charge in [0.25, 0.3) is 0 Å². The van der Waals surface area contributed by atoms with E-state index in [0.717, 1.165) is 25.7 Å². The molecular formula is C16H26N2O3. The highest BCUT2D eigenvalue weighted by molar-refractivity contribution is 5.90. The molecule has 0 aromatic rings. The summed E-state index contributed by atoms with van der Waals surface area (Å²) in [5.74, 6) is 0.466. The highest BCUT2D eigenvalue weighted by Crippen LogP contribution is 2.34. The van der Waals surface area contributed by atoms with Crippen LogP contribution in [-0.2, 0) is 14.3 Å². The van der Waals surface area contributed by atoms with Crippen LogP contribution in [-0.4, -0.2) is 48.6 Å². The number of amides is 2. The van der Waals surface area contributed by atoms with Gasteiger partial charge in [0.2, 0.25) is 11.8 Å². The number of rotatable bonds is 5. The van der Waals surface area contributed by atoms with Crippen LogP contribution in [0.2, 0.25) is 0 Å². The Morgan fingerprint density at radius 1 is 1.10 bits per heavy atom. The monoisotopic (exact) mass is 294 g/mol. The fourth-order valence-electron chi connectivity index (χ4n) is 3.38. The van der Waals surface area contributed by atoms with Crippen LogP contribution in [0, 0.1) is 5.92 Å². The van der Waals surface area contributed by atoms with Gasteiger partial charge in [0.05, 0.1) is 12.7 Å². The zero-order valence-corrected chi connectivity index (χ0v) is 12.7. The van der Waals surface area contributed by atoms with Crippen molar-refractivity contribution in [2.24, 2.45) is 5.92 Å². The van der Waals surface area contributed by atoms with Gasteiger partial charge in [-0.1, -0.05) is 19.3 Å². The van der Waals surface area contributed by atoms with Gasteiger partial charge >= 0.3 is 0 Å². The Labute approximate surface area is 126 Å². The molecule has 118 valence electrons. The molecule has 3 fully saturated rings. The lowest BCUT2D eigenvalue weighted by Gasteiger charge is -2.26. The van der Waals surface area contributed by atoms with Crippen LogP contribution in [0.5, 0.6) is 0 Å². The van der Waals surface area contributed by atoms with E-state index in [2.05, 4.69) is 5.32 Å². The summed E-state index contributed by atoms with van der Waals surface area (Å²) in [6, 6.07) is -0.283. The quantitative estimate of drug-likeness (QED) is 0.835. The molecule has 2 saturated carbocycles. The molecule has 0 bridgehead atoms. The fraction of sp³-hybridized carbons (Fsp3) is 0.875. The average Bonchev–Trinajstić information content (AvgIpc) is 3.33. The van der Waals surface area contributed by atoms with Gasteiger partial charge in [0, 0.05) is 19.5 Å². The van der Waals surface area contributed by atoms with Crippen LogP contribution in [0.1, 0.15) is 51.4 Å². The summed E-state index contributed by atoms with van der Waals surface area (Å²) in [4.78, 5) is 26.1. The topological polar surface area (TPSA) is 58.6 Å². The van der Waals surface area contributed by atoms with Crippen molar-refractivity contribution < 1.29 is 14.3 Å². The lowest BCUT2D eigenvalue weighted by atomic mass is 9.98. The maximum Gasteiger partial charge on any atom is 0.245 e. The Hall–Kier alpha value is -1.10. The van der Waals surface area contributed by atoms with E-state index in [1.807, 2.05) is 4.90 Å². The second-order valence-corrected chi connectivity index (χ2v) is 6.59. The molecule has 1 aliphatic heterocycles. The molecule has 5 nitrogen and oxygen atoms in total. The third-order valence-electron chi connectivity index (χ3n) is 4.86. The highest BCUT2D eigenvalue weighted by atomic mass is 16.5. The summed E-state index contributed by atoms with van der Waals surface area (Å²) >= 11 is 0. The summed E-state index contributed by atoms with van der Waals surface area (Å²) < 4.78 is 5.91. The predicted octanol–water partition coefficient (Wildman–Crippen LogP) is 1.46. The lowest BCUT2D eigenvalue weighted by Crippen LogP contribution is -2.47. The van der Waals surface area contributed by atoms with E-state index < -0.39 is 0 Å². The first-order chi connectivity index (χ1) is 10.2. The number of hydrogen-bond acceptors (Lipinski definition) is 3. The van der Waals surface area contributed by atoms with Crippen molar-refractivity contribution in [1.82, 2.24) is 10.2 Å². The van der Waals surface area contributed by atoms with E-state index in [0.29, 0.717) is 38.1 Å². The molecule has 3 aliphatic rings. The first-order valence-corrected chi connectivity index (χ1v) is 8.44.